The van der Waals surface area contributed by atoms with E-state index in [1.807, 2.05) is 0 Å². The van der Waals surface area contributed by atoms with Gasteiger partial charge in [-0.25, -0.2) is 28.9 Å². The van der Waals surface area contributed by atoms with E-state index in [-0.39, 0.29) is 17.0 Å². The molecule has 2 aliphatic rings. The number of allylic oxidation sites excluding steroid dienone is 1. The number of aliphatic carboxylic acids is 1. The van der Waals surface area contributed by atoms with Crippen LogP contribution in [0.5, 0.6) is 0 Å². The number of nitrogen functional groups attached to an aromatic ring is 1. The van der Waals surface area contributed by atoms with E-state index in [0.29, 0.717) is 10.6 Å². The summed E-state index contributed by atoms with van der Waals surface area (Å²) in [5.41, 5.74) is 6.51. The summed E-state index contributed by atoms with van der Waals surface area (Å²) in [6.07, 6.45) is -2.10. The van der Waals surface area contributed by atoms with E-state index in [2.05, 4.69) is 33.3 Å². The number of hydrogen-bond donors (Lipinski definition) is 6. The van der Waals surface area contributed by atoms with Crippen molar-refractivity contribution in [3.8, 4) is 0 Å². The number of aliphatic hydroxyl groups excluding tert-OH is 2. The molecule has 0 spiro atoms. The number of nitrogens with zero attached hydrogens (tertiary/aromatic N) is 5. The number of aliphatic hydroxyl groups is 2. The molecule has 208 valence electrons. The number of imidazole rings is 1. The van der Waals surface area contributed by atoms with Gasteiger partial charge in [0.15, 0.2) is 23.1 Å². The number of aliphatic imine (C=N–C) groups is 1. The number of phosphoric acid groups is 2. The van der Waals surface area contributed by atoms with Crippen molar-refractivity contribution in [3.05, 3.63) is 23.6 Å². The lowest BCUT2D eigenvalue weighted by Crippen LogP contribution is -2.33. The average molecular weight is 596 g/mol. The molecule has 38 heavy (non-hydrogen) atoms. The number of rotatable bonds is 10. The lowest BCUT2D eigenvalue weighted by Gasteiger charge is -2.19. The van der Waals surface area contributed by atoms with Gasteiger partial charge in [-0.1, -0.05) is 11.8 Å². The van der Waals surface area contributed by atoms with Crippen LogP contribution in [0.4, 0.5) is 5.82 Å². The molecule has 2 aromatic rings. The van der Waals surface area contributed by atoms with E-state index < -0.39 is 64.7 Å². The zero-order chi connectivity index (χ0) is 27.8. The van der Waals surface area contributed by atoms with Crippen LogP contribution in [0, 0.1) is 0 Å². The van der Waals surface area contributed by atoms with Crippen molar-refractivity contribution in [1.82, 2.24) is 19.5 Å². The number of carboxylic acid groups (broad SMARTS) is 1. The fourth-order valence-electron chi connectivity index (χ4n) is 3.48. The van der Waals surface area contributed by atoms with Crippen molar-refractivity contribution >= 4 is 56.1 Å². The highest BCUT2D eigenvalue weighted by Crippen LogP contribution is 2.60. The van der Waals surface area contributed by atoms with Gasteiger partial charge in [-0.3, -0.25) is 18.6 Å². The van der Waals surface area contributed by atoms with E-state index in [1.165, 1.54) is 23.9 Å². The van der Waals surface area contributed by atoms with Crippen LogP contribution in [-0.2, 0) is 32.0 Å². The molecule has 7 N–H and O–H groups in total. The van der Waals surface area contributed by atoms with Gasteiger partial charge in [0.25, 0.3) is 0 Å². The summed E-state index contributed by atoms with van der Waals surface area (Å²) in [6, 6.07) is 0. The molecule has 18 nitrogen and oxygen atoms in total. The summed E-state index contributed by atoms with van der Waals surface area (Å²) >= 11 is 0.873. The summed E-state index contributed by atoms with van der Waals surface area (Å²) < 4.78 is 44.7. The number of nitrogens with two attached hydrogens (primary N) is 1. The molecule has 2 aromatic heterocycles. The number of anilines is 1. The SMILES string of the molecule is CC1=NC(C(=O)O)SC1=CCOP(=O)(O)OP(=O)(O)OCC1OC(n2cnc3c(N)ncnc32)C(O)C1O. The molecular formula is C17H22N6O12P2S. The van der Waals surface area contributed by atoms with Gasteiger partial charge >= 0.3 is 21.6 Å². The van der Waals surface area contributed by atoms with Crippen LogP contribution in [0.1, 0.15) is 13.2 Å². The highest BCUT2D eigenvalue weighted by atomic mass is 32.2. The Morgan fingerprint density at radius 2 is 1.92 bits per heavy atom. The maximum absolute atomic E-state index is 12.2. The number of aromatic nitrogens is 4. The number of ether oxygens (including phenoxy) is 1. The van der Waals surface area contributed by atoms with E-state index >= 15 is 0 Å². The summed E-state index contributed by atoms with van der Waals surface area (Å²) in [6.45, 7) is 0.117. The van der Waals surface area contributed by atoms with Gasteiger partial charge in [0.05, 0.1) is 19.5 Å². The van der Waals surface area contributed by atoms with Crippen LogP contribution in [0.3, 0.4) is 0 Å². The lowest BCUT2D eigenvalue weighted by atomic mass is 10.1. The van der Waals surface area contributed by atoms with Crippen molar-refractivity contribution in [2.75, 3.05) is 18.9 Å². The van der Waals surface area contributed by atoms with Crippen molar-refractivity contribution < 1.29 is 57.1 Å². The van der Waals surface area contributed by atoms with Crippen LogP contribution in [-0.4, -0.2) is 93.2 Å². The van der Waals surface area contributed by atoms with Crippen LogP contribution < -0.4 is 5.73 Å². The van der Waals surface area contributed by atoms with Crippen molar-refractivity contribution in [1.29, 1.82) is 0 Å². The minimum atomic E-state index is -5.23. The van der Waals surface area contributed by atoms with E-state index in [4.69, 9.17) is 15.6 Å². The first-order chi connectivity index (χ1) is 17.8. The van der Waals surface area contributed by atoms with Gasteiger partial charge in [-0.05, 0) is 13.0 Å². The highest BCUT2D eigenvalue weighted by Gasteiger charge is 2.46. The molecule has 2 aliphatic heterocycles. The molecule has 0 bridgehead atoms. The predicted molar refractivity (Wildman–Crippen MR) is 129 cm³/mol. The van der Waals surface area contributed by atoms with Crippen molar-refractivity contribution in [2.24, 2.45) is 4.99 Å². The van der Waals surface area contributed by atoms with E-state index in [9.17, 15) is 33.9 Å². The molecular weight excluding hydrogens is 574 g/mol. The maximum Gasteiger partial charge on any atom is 0.481 e. The van der Waals surface area contributed by atoms with E-state index in [0.717, 1.165) is 18.1 Å². The van der Waals surface area contributed by atoms with Crippen LogP contribution in [0.15, 0.2) is 28.6 Å². The first-order valence-corrected chi connectivity index (χ1v) is 14.4. The molecule has 0 radical (unpaired) electrons. The third-order valence-electron chi connectivity index (χ3n) is 5.23. The van der Waals surface area contributed by atoms with Crippen LogP contribution in [0.2, 0.25) is 0 Å². The molecule has 7 atom stereocenters. The van der Waals surface area contributed by atoms with Gasteiger partial charge in [0.1, 0.15) is 30.2 Å². The summed E-state index contributed by atoms with van der Waals surface area (Å²) in [4.78, 5) is 46.8. The number of thioether (sulfide) groups is 1. The van der Waals surface area contributed by atoms with Crippen LogP contribution >= 0.6 is 27.4 Å². The summed E-state index contributed by atoms with van der Waals surface area (Å²) in [5, 5.41) is 28.7. The topological polar surface area (TPSA) is 271 Å². The zero-order valence-electron chi connectivity index (χ0n) is 19.2. The molecule has 0 amide bonds. The molecule has 7 unspecified atom stereocenters. The Morgan fingerprint density at radius 1 is 1.21 bits per heavy atom. The van der Waals surface area contributed by atoms with Gasteiger partial charge < -0.3 is 35.6 Å². The smallest absolute Gasteiger partial charge is 0.479 e. The molecule has 4 heterocycles. The van der Waals surface area contributed by atoms with E-state index in [1.54, 1.807) is 0 Å². The summed E-state index contributed by atoms with van der Waals surface area (Å²) in [7, 11) is -10.4. The Balaban J connectivity index is 1.32. The highest BCUT2D eigenvalue weighted by molar-refractivity contribution is 8.05. The Hall–Kier alpha value is -2.28. The molecule has 4 rings (SSSR count). The number of fused-ring (bicyclic) bond motifs is 1. The molecule has 1 fully saturated rings. The number of phosphoric ester groups is 2. The second-order valence-electron chi connectivity index (χ2n) is 7.83. The Labute approximate surface area is 217 Å². The third kappa shape index (κ3) is 6.30. The van der Waals surface area contributed by atoms with Crippen molar-refractivity contribution in [2.45, 2.75) is 36.8 Å². The minimum Gasteiger partial charge on any atom is -0.479 e. The second kappa shape index (κ2) is 11.1. The molecule has 0 saturated carbocycles. The first-order valence-electron chi connectivity index (χ1n) is 10.5. The zero-order valence-corrected chi connectivity index (χ0v) is 21.8. The fraction of sp³-hybridized carbons (Fsp3) is 0.471. The third-order valence-corrected chi connectivity index (χ3v) is 9.08. The Kier molecular flexibility index (Phi) is 8.37. The fourth-order valence-corrected chi connectivity index (χ4v) is 6.44. The largest absolute Gasteiger partial charge is 0.481 e. The predicted octanol–water partition coefficient (Wildman–Crippen LogP) is -0.219. The molecule has 0 aromatic carbocycles. The van der Waals surface area contributed by atoms with Gasteiger partial charge in [0, 0.05) is 10.6 Å². The van der Waals surface area contributed by atoms with Gasteiger partial charge in [-0.15, -0.1) is 0 Å². The maximum atomic E-state index is 12.2. The molecule has 1 saturated heterocycles. The number of carboxylic acids is 1. The Bertz CT molecular complexity index is 1390. The number of hydrogen-bond acceptors (Lipinski definition) is 15. The number of carbonyl (C=O) groups is 1. The monoisotopic (exact) mass is 596 g/mol. The first kappa shape index (κ1) is 28.7. The quantitative estimate of drug-likeness (QED) is 0.193. The van der Waals surface area contributed by atoms with Gasteiger partial charge in [-0.2, -0.15) is 4.31 Å². The summed E-state index contributed by atoms with van der Waals surface area (Å²) in [5.74, 6) is -1.10. The second-order valence-corrected chi connectivity index (χ2v) is 12.0. The normalized spacial score (nSPS) is 29.9. The van der Waals surface area contributed by atoms with Crippen molar-refractivity contribution in [3.63, 3.8) is 0 Å². The average Bonchev–Trinajstić information content (AvgIpc) is 3.49. The molecule has 21 heteroatoms. The molecule has 0 aliphatic carbocycles. The van der Waals surface area contributed by atoms with Crippen LogP contribution in [0.25, 0.3) is 11.2 Å². The van der Waals surface area contributed by atoms with Gasteiger partial charge in [0.2, 0.25) is 0 Å². The minimum absolute atomic E-state index is 0.0709. The standard InChI is InChI=1S/C17H22N6O12P2S/c1-7-9(38-15(22-7)17(26)27)2-3-32-36(28,29)35-37(30,31)33-4-8-11(24)12(25)16(34-8)23-6-21-10-13(18)19-5-20-14(10)23/h2,5-6,8,11-12,15-16,24-25H,3-4H2,1H3,(H,26,27)(H,28,29)(H,30,31)(H2,18,19,20). The Morgan fingerprint density at radius 3 is 2.61 bits per heavy atom. The lowest BCUT2D eigenvalue weighted by molar-refractivity contribution is -0.136.